The molecule has 1 amide bonds. The van der Waals surface area contributed by atoms with Gasteiger partial charge in [-0.05, 0) is 36.8 Å². The molecular weight excluding hydrogens is 332 g/mol. The summed E-state index contributed by atoms with van der Waals surface area (Å²) in [5.74, 6) is 0.347. The molecule has 0 aromatic carbocycles. The van der Waals surface area contributed by atoms with E-state index in [1.807, 2.05) is 13.1 Å². The Hall–Kier alpha value is -2.29. The molecule has 0 aliphatic carbocycles. The summed E-state index contributed by atoms with van der Waals surface area (Å²) in [4.78, 5) is 24.0. The number of thioether (sulfide) groups is 1. The number of hydrogen-bond donors (Lipinski definition) is 2. The van der Waals surface area contributed by atoms with Gasteiger partial charge in [-0.3, -0.25) is 9.48 Å². The molecule has 0 spiro atoms. The summed E-state index contributed by atoms with van der Waals surface area (Å²) in [5, 5.41) is 20.0. The number of nitrogens with one attached hydrogen (secondary N) is 1. The number of aryl methyl sites for hydroxylation is 1. The third kappa shape index (κ3) is 3.45. The van der Waals surface area contributed by atoms with Crippen molar-refractivity contribution in [2.24, 2.45) is 0 Å². The topological polar surface area (TPSA) is 110 Å². The van der Waals surface area contributed by atoms with E-state index in [9.17, 15) is 14.7 Å². The fraction of sp³-hybridized carbons (Fsp3) is 0.467. The first-order valence-electron chi connectivity index (χ1n) is 7.57. The van der Waals surface area contributed by atoms with Crippen molar-refractivity contribution in [1.29, 1.82) is 0 Å². The summed E-state index contributed by atoms with van der Waals surface area (Å²) in [7, 11) is 0. The summed E-state index contributed by atoms with van der Waals surface area (Å²) in [6.45, 7) is 2.28. The molecule has 1 aliphatic heterocycles. The van der Waals surface area contributed by atoms with Gasteiger partial charge in [-0.25, -0.2) is 4.79 Å². The van der Waals surface area contributed by atoms with Gasteiger partial charge in [0.15, 0.2) is 11.5 Å². The zero-order valence-electron chi connectivity index (χ0n) is 13.2. The highest BCUT2D eigenvalue weighted by molar-refractivity contribution is 7.99. The lowest BCUT2D eigenvalue weighted by atomic mass is 9.92. The van der Waals surface area contributed by atoms with Gasteiger partial charge in [0.05, 0.1) is 6.20 Å². The Kier molecular flexibility index (Phi) is 4.61. The molecule has 0 saturated carbocycles. The van der Waals surface area contributed by atoms with Gasteiger partial charge in [0, 0.05) is 12.3 Å². The minimum atomic E-state index is -1.22. The summed E-state index contributed by atoms with van der Waals surface area (Å²) < 4.78 is 6.83. The highest BCUT2D eigenvalue weighted by Gasteiger charge is 2.41. The van der Waals surface area contributed by atoms with Crippen LogP contribution in [0.1, 0.15) is 34.7 Å². The van der Waals surface area contributed by atoms with Gasteiger partial charge < -0.3 is 14.9 Å². The Bertz CT molecular complexity index is 748. The number of hydrogen-bond acceptors (Lipinski definition) is 6. The van der Waals surface area contributed by atoms with E-state index >= 15 is 0 Å². The first-order valence-corrected chi connectivity index (χ1v) is 8.72. The summed E-state index contributed by atoms with van der Waals surface area (Å²) in [6.07, 6.45) is 4.37. The predicted molar refractivity (Wildman–Crippen MR) is 87.0 cm³/mol. The van der Waals surface area contributed by atoms with Crippen LogP contribution in [0.25, 0.3) is 0 Å². The Morgan fingerprint density at radius 3 is 2.83 bits per heavy atom. The number of aliphatic carboxylic acids is 1. The average Bonchev–Trinajstić information content (AvgIpc) is 3.18. The SMILES string of the molecule is Cc1cnn(Cc2cc(C(=O)NC3(C(=O)O)CCSCC3)no2)c1. The number of carboxylic acid groups (broad SMARTS) is 1. The lowest BCUT2D eigenvalue weighted by Crippen LogP contribution is -2.56. The van der Waals surface area contributed by atoms with Crippen LogP contribution in [0.4, 0.5) is 0 Å². The smallest absolute Gasteiger partial charge is 0.329 e. The molecule has 9 heteroatoms. The molecule has 3 heterocycles. The van der Waals surface area contributed by atoms with Crippen LogP contribution < -0.4 is 5.32 Å². The molecule has 0 radical (unpaired) electrons. The first-order chi connectivity index (χ1) is 11.5. The first kappa shape index (κ1) is 16.6. The second-order valence-corrected chi connectivity index (χ2v) is 7.07. The van der Waals surface area contributed by atoms with Crippen molar-refractivity contribution < 1.29 is 19.2 Å². The van der Waals surface area contributed by atoms with E-state index in [4.69, 9.17) is 4.52 Å². The molecule has 8 nitrogen and oxygen atoms in total. The van der Waals surface area contributed by atoms with Crippen molar-refractivity contribution in [1.82, 2.24) is 20.3 Å². The van der Waals surface area contributed by atoms with Crippen molar-refractivity contribution in [3.05, 3.63) is 35.5 Å². The van der Waals surface area contributed by atoms with Gasteiger partial charge in [0.1, 0.15) is 12.1 Å². The number of carboxylic acids is 1. The van der Waals surface area contributed by atoms with Gasteiger partial charge in [-0.2, -0.15) is 16.9 Å². The zero-order chi connectivity index (χ0) is 17.2. The fourth-order valence-corrected chi connectivity index (χ4v) is 3.79. The van der Waals surface area contributed by atoms with Crippen molar-refractivity contribution in [3.8, 4) is 0 Å². The molecule has 1 saturated heterocycles. The molecule has 2 N–H and O–H groups in total. The average molecular weight is 350 g/mol. The minimum absolute atomic E-state index is 0.0766. The van der Waals surface area contributed by atoms with Crippen molar-refractivity contribution in [2.45, 2.75) is 31.8 Å². The van der Waals surface area contributed by atoms with Crippen LogP contribution in [0.2, 0.25) is 0 Å². The molecule has 2 aromatic heterocycles. The summed E-state index contributed by atoms with van der Waals surface area (Å²) in [5.41, 5.74) is -0.126. The molecular formula is C15H18N4O4S. The standard InChI is InChI=1S/C15H18N4O4S/c1-10-7-16-19(8-10)9-11-6-12(18-23-11)13(20)17-15(14(21)22)2-4-24-5-3-15/h6-8H,2-5,9H2,1H3,(H,17,20)(H,21,22). The van der Waals surface area contributed by atoms with E-state index in [0.29, 0.717) is 36.7 Å². The molecule has 3 rings (SSSR count). The second-order valence-electron chi connectivity index (χ2n) is 5.85. The highest BCUT2D eigenvalue weighted by atomic mass is 32.2. The molecule has 1 aliphatic rings. The number of rotatable bonds is 5. The second kappa shape index (κ2) is 6.68. The Balaban J connectivity index is 1.70. The van der Waals surface area contributed by atoms with Crippen LogP contribution >= 0.6 is 11.8 Å². The third-order valence-corrected chi connectivity index (χ3v) is 4.97. The van der Waals surface area contributed by atoms with Crippen LogP contribution in [0, 0.1) is 6.92 Å². The molecule has 0 atom stereocenters. The van der Waals surface area contributed by atoms with E-state index in [-0.39, 0.29) is 5.69 Å². The van der Waals surface area contributed by atoms with Gasteiger partial charge in [-0.15, -0.1) is 0 Å². The molecule has 128 valence electrons. The minimum Gasteiger partial charge on any atom is -0.480 e. The van der Waals surface area contributed by atoms with Gasteiger partial charge >= 0.3 is 5.97 Å². The van der Waals surface area contributed by atoms with E-state index in [0.717, 1.165) is 5.56 Å². The maximum absolute atomic E-state index is 12.4. The molecule has 0 bridgehead atoms. The Labute approximate surface area is 142 Å². The number of carbonyl (C=O) groups excluding carboxylic acids is 1. The van der Waals surface area contributed by atoms with E-state index < -0.39 is 17.4 Å². The lowest BCUT2D eigenvalue weighted by molar-refractivity contribution is -0.144. The highest BCUT2D eigenvalue weighted by Crippen LogP contribution is 2.27. The predicted octanol–water partition coefficient (Wildman–Crippen LogP) is 1.31. The summed E-state index contributed by atoms with van der Waals surface area (Å²) in [6, 6.07) is 1.51. The van der Waals surface area contributed by atoms with Crippen LogP contribution in [-0.2, 0) is 11.3 Å². The van der Waals surface area contributed by atoms with E-state index in [2.05, 4.69) is 15.6 Å². The van der Waals surface area contributed by atoms with Crippen LogP contribution in [0.15, 0.2) is 23.0 Å². The normalized spacial score (nSPS) is 16.7. The Morgan fingerprint density at radius 2 is 2.21 bits per heavy atom. The van der Waals surface area contributed by atoms with Crippen molar-refractivity contribution in [2.75, 3.05) is 11.5 Å². The maximum Gasteiger partial charge on any atom is 0.329 e. The maximum atomic E-state index is 12.4. The number of amides is 1. The molecule has 24 heavy (non-hydrogen) atoms. The van der Waals surface area contributed by atoms with Crippen LogP contribution in [0.3, 0.4) is 0 Å². The molecule has 0 unspecified atom stereocenters. The van der Waals surface area contributed by atoms with E-state index in [1.54, 1.807) is 22.6 Å². The van der Waals surface area contributed by atoms with Gasteiger partial charge in [-0.1, -0.05) is 5.16 Å². The van der Waals surface area contributed by atoms with Crippen LogP contribution in [0.5, 0.6) is 0 Å². The van der Waals surface area contributed by atoms with Crippen molar-refractivity contribution >= 4 is 23.6 Å². The fourth-order valence-electron chi connectivity index (χ4n) is 2.60. The molecule has 1 fully saturated rings. The monoisotopic (exact) mass is 350 g/mol. The third-order valence-electron chi connectivity index (χ3n) is 3.98. The largest absolute Gasteiger partial charge is 0.480 e. The quantitative estimate of drug-likeness (QED) is 0.836. The summed E-state index contributed by atoms with van der Waals surface area (Å²) >= 11 is 1.69. The van der Waals surface area contributed by atoms with Crippen LogP contribution in [-0.4, -0.2) is 49.0 Å². The zero-order valence-corrected chi connectivity index (χ0v) is 14.0. The number of aromatic nitrogens is 3. The Morgan fingerprint density at radius 1 is 1.46 bits per heavy atom. The lowest BCUT2D eigenvalue weighted by Gasteiger charge is -2.33. The van der Waals surface area contributed by atoms with Gasteiger partial charge in [0.2, 0.25) is 0 Å². The van der Waals surface area contributed by atoms with Crippen molar-refractivity contribution in [3.63, 3.8) is 0 Å². The molecule has 2 aromatic rings. The van der Waals surface area contributed by atoms with E-state index in [1.165, 1.54) is 6.07 Å². The number of carbonyl (C=O) groups is 2. The number of nitrogens with zero attached hydrogens (tertiary/aromatic N) is 3. The van der Waals surface area contributed by atoms with Gasteiger partial charge in [0.25, 0.3) is 5.91 Å².